The number of unbranched alkanes of at least 4 members (excludes halogenated alkanes) is 8. The number of hydrogen-bond acceptors (Lipinski definition) is 5. The maximum Gasteiger partial charge on any atom is 0.220 e. The van der Waals surface area contributed by atoms with E-state index in [2.05, 4.69) is 23.1 Å². The minimum Gasteiger partial charge on any atom is -0.389 e. The monoisotopic (exact) mass is 379 g/mol. The fourth-order valence-electron chi connectivity index (χ4n) is 3.02. The van der Waals surface area contributed by atoms with Crippen LogP contribution in [0.5, 0.6) is 0 Å². The van der Waals surface area contributed by atoms with Crippen LogP contribution < -0.4 is 16.2 Å². The zero-order chi connectivity index (χ0) is 17.8. The van der Waals surface area contributed by atoms with E-state index in [0.29, 0.717) is 13.0 Å². The third-order valence-corrected chi connectivity index (χ3v) is 4.80. The summed E-state index contributed by atoms with van der Waals surface area (Å²) in [5.74, 6) is 0.0139. The molecule has 0 aromatic rings. The summed E-state index contributed by atoms with van der Waals surface area (Å²) in [6.45, 7) is 4.34. The summed E-state index contributed by atoms with van der Waals surface area (Å²) in [6, 6.07) is -0.586. The molecule has 0 aromatic heterocycles. The first-order chi connectivity index (χ1) is 11.6. The Balaban J connectivity index is 0.00000576. The zero-order valence-electron chi connectivity index (χ0n) is 15.8. The van der Waals surface area contributed by atoms with Gasteiger partial charge in [0.2, 0.25) is 5.91 Å². The summed E-state index contributed by atoms with van der Waals surface area (Å²) in [5.41, 5.74) is 5.84. The summed E-state index contributed by atoms with van der Waals surface area (Å²) in [4.78, 5) is 11.8. The van der Waals surface area contributed by atoms with E-state index in [-0.39, 0.29) is 30.4 Å². The number of hydrazine groups is 1. The van der Waals surface area contributed by atoms with E-state index < -0.39 is 12.2 Å². The Kier molecular flexibility index (Phi) is 14.5. The molecular formula is C18H38ClN3O3. The lowest BCUT2D eigenvalue weighted by molar-refractivity contribution is -0.122. The van der Waals surface area contributed by atoms with Gasteiger partial charge in [-0.3, -0.25) is 10.2 Å². The van der Waals surface area contributed by atoms with Gasteiger partial charge in [0, 0.05) is 19.0 Å². The molecule has 0 unspecified atom stereocenters. The van der Waals surface area contributed by atoms with Crippen LogP contribution in [-0.2, 0) is 4.79 Å². The van der Waals surface area contributed by atoms with Gasteiger partial charge in [-0.2, -0.15) is 0 Å². The third-order valence-electron chi connectivity index (χ3n) is 4.80. The molecule has 1 rings (SSSR count). The number of rotatable bonds is 12. The number of halogens is 1. The van der Waals surface area contributed by atoms with Gasteiger partial charge < -0.3 is 15.5 Å². The summed E-state index contributed by atoms with van der Waals surface area (Å²) in [6.07, 6.45) is 9.94. The minimum atomic E-state index is -0.880. The van der Waals surface area contributed by atoms with Gasteiger partial charge in [0.05, 0.1) is 18.2 Å². The molecule has 0 aliphatic carbocycles. The summed E-state index contributed by atoms with van der Waals surface area (Å²) in [5, 5.41) is 22.6. The molecule has 4 atom stereocenters. The lowest BCUT2D eigenvalue weighted by Gasteiger charge is -2.37. The van der Waals surface area contributed by atoms with Crippen LogP contribution in [0.3, 0.4) is 0 Å². The number of aliphatic hydroxyl groups excluding tert-OH is 2. The predicted molar refractivity (Wildman–Crippen MR) is 104 cm³/mol. The van der Waals surface area contributed by atoms with Gasteiger partial charge in [-0.1, -0.05) is 58.3 Å². The van der Waals surface area contributed by atoms with Crippen molar-refractivity contribution in [1.29, 1.82) is 0 Å². The van der Waals surface area contributed by atoms with Crippen molar-refractivity contribution in [2.24, 2.45) is 0 Å². The van der Waals surface area contributed by atoms with E-state index in [1.54, 1.807) is 6.92 Å². The average Bonchev–Trinajstić information content (AvgIpc) is 2.57. The lowest BCUT2D eigenvalue weighted by Crippen LogP contribution is -2.67. The summed E-state index contributed by atoms with van der Waals surface area (Å²) < 4.78 is 0. The van der Waals surface area contributed by atoms with Gasteiger partial charge in [0.15, 0.2) is 0 Å². The summed E-state index contributed by atoms with van der Waals surface area (Å²) >= 11 is 0. The Hall–Kier alpha value is -0.400. The summed E-state index contributed by atoms with van der Waals surface area (Å²) in [7, 11) is 0. The zero-order valence-corrected chi connectivity index (χ0v) is 16.6. The fourth-order valence-corrected chi connectivity index (χ4v) is 3.02. The highest BCUT2D eigenvalue weighted by atomic mass is 35.5. The average molecular weight is 380 g/mol. The molecule has 0 radical (unpaired) electrons. The van der Waals surface area contributed by atoms with Gasteiger partial charge in [-0.25, -0.2) is 5.43 Å². The first-order valence-electron chi connectivity index (χ1n) is 9.70. The van der Waals surface area contributed by atoms with Gasteiger partial charge in [-0.15, -0.1) is 12.4 Å². The van der Waals surface area contributed by atoms with Crippen molar-refractivity contribution < 1.29 is 15.0 Å². The van der Waals surface area contributed by atoms with Crippen LogP contribution in [0, 0.1) is 0 Å². The molecular weight excluding hydrogens is 342 g/mol. The molecule has 6 nitrogen and oxygen atoms in total. The van der Waals surface area contributed by atoms with Crippen LogP contribution in [0.2, 0.25) is 0 Å². The largest absolute Gasteiger partial charge is 0.389 e. The fraction of sp³-hybridized carbons (Fsp3) is 0.944. The predicted octanol–water partition coefficient (Wildman–Crippen LogP) is 2.03. The Labute approximate surface area is 158 Å². The number of carbonyl (C=O) groups excluding carboxylic acids is 1. The van der Waals surface area contributed by atoms with Gasteiger partial charge >= 0.3 is 0 Å². The number of aliphatic hydroxyl groups is 2. The Morgan fingerprint density at radius 2 is 1.48 bits per heavy atom. The van der Waals surface area contributed by atoms with Crippen LogP contribution in [0.25, 0.3) is 0 Å². The van der Waals surface area contributed by atoms with E-state index in [1.807, 2.05) is 0 Å². The minimum absolute atomic E-state index is 0. The number of nitrogens with one attached hydrogen (secondary N) is 3. The second-order valence-electron chi connectivity index (χ2n) is 7.05. The van der Waals surface area contributed by atoms with Crippen LogP contribution in [0.1, 0.15) is 78.1 Å². The lowest BCUT2D eigenvalue weighted by atomic mass is 9.98. The molecule has 1 fully saturated rings. The molecule has 150 valence electrons. The highest BCUT2D eigenvalue weighted by molar-refractivity contribution is 5.85. The number of carbonyl (C=O) groups is 1. The van der Waals surface area contributed by atoms with Crippen molar-refractivity contribution >= 4 is 18.3 Å². The molecule has 1 saturated heterocycles. The van der Waals surface area contributed by atoms with Crippen molar-refractivity contribution in [2.75, 3.05) is 6.54 Å². The molecule has 1 aliphatic heterocycles. The van der Waals surface area contributed by atoms with Crippen molar-refractivity contribution in [3.05, 3.63) is 0 Å². The van der Waals surface area contributed by atoms with Gasteiger partial charge in [-0.05, 0) is 13.3 Å². The topological polar surface area (TPSA) is 93.6 Å². The molecule has 1 heterocycles. The molecule has 0 bridgehead atoms. The van der Waals surface area contributed by atoms with Crippen molar-refractivity contribution in [2.45, 2.75) is 102 Å². The molecule has 1 amide bonds. The molecule has 7 heteroatoms. The molecule has 5 N–H and O–H groups in total. The molecule has 0 aromatic carbocycles. The standard InChI is InChI=1S/C18H37N3O3.ClH/c1-3-4-5-6-7-8-9-10-11-12-16(22)19-13-15-18(24)17(23)14(2)20-21-15;/h14-15,17-18,20-21,23-24H,3-13H2,1-2H3,(H,19,22);1H/t14-,15+,17-,18+;/m1./s1. The quantitative estimate of drug-likeness (QED) is 0.334. The van der Waals surface area contributed by atoms with E-state index in [9.17, 15) is 15.0 Å². The molecule has 0 saturated carbocycles. The Morgan fingerprint density at radius 1 is 0.920 bits per heavy atom. The third kappa shape index (κ3) is 10.4. The van der Waals surface area contributed by atoms with Crippen LogP contribution in [0.15, 0.2) is 0 Å². The SMILES string of the molecule is CCCCCCCCCCCC(=O)NC[C@@H]1NN[C@H](C)[C@@H](O)[C@H]1O.Cl. The van der Waals surface area contributed by atoms with Crippen LogP contribution in [0.4, 0.5) is 0 Å². The Morgan fingerprint density at radius 3 is 2.08 bits per heavy atom. The van der Waals surface area contributed by atoms with Gasteiger partial charge in [0.25, 0.3) is 0 Å². The second kappa shape index (κ2) is 14.7. The molecule has 0 spiro atoms. The molecule has 25 heavy (non-hydrogen) atoms. The van der Waals surface area contributed by atoms with E-state index in [1.165, 1.54) is 44.9 Å². The van der Waals surface area contributed by atoms with Crippen molar-refractivity contribution in [1.82, 2.24) is 16.2 Å². The van der Waals surface area contributed by atoms with Crippen molar-refractivity contribution in [3.8, 4) is 0 Å². The van der Waals surface area contributed by atoms with Crippen molar-refractivity contribution in [3.63, 3.8) is 0 Å². The van der Waals surface area contributed by atoms with Crippen LogP contribution >= 0.6 is 12.4 Å². The van der Waals surface area contributed by atoms with E-state index in [0.717, 1.165) is 12.8 Å². The van der Waals surface area contributed by atoms with Gasteiger partial charge in [0.1, 0.15) is 0 Å². The first kappa shape index (κ1) is 24.6. The second-order valence-corrected chi connectivity index (χ2v) is 7.05. The first-order valence-corrected chi connectivity index (χ1v) is 9.70. The van der Waals surface area contributed by atoms with Crippen LogP contribution in [-0.4, -0.2) is 47.0 Å². The maximum absolute atomic E-state index is 11.8. The number of amides is 1. The normalized spacial score (nSPS) is 26.1. The van der Waals surface area contributed by atoms with E-state index >= 15 is 0 Å². The highest BCUT2D eigenvalue weighted by Gasteiger charge is 2.34. The molecule has 1 aliphatic rings. The highest BCUT2D eigenvalue weighted by Crippen LogP contribution is 2.11. The van der Waals surface area contributed by atoms with E-state index in [4.69, 9.17) is 0 Å². The Bertz CT molecular complexity index is 348. The number of hydrogen-bond donors (Lipinski definition) is 5. The maximum atomic E-state index is 11.8. The smallest absolute Gasteiger partial charge is 0.220 e.